The van der Waals surface area contributed by atoms with E-state index in [0.29, 0.717) is 17.6 Å². The molecule has 0 aliphatic carbocycles. The van der Waals surface area contributed by atoms with Crippen LogP contribution in [0.5, 0.6) is 0 Å². The maximum absolute atomic E-state index is 13.0. The topological polar surface area (TPSA) is 52.0 Å². The Kier molecular flexibility index (Phi) is 3.17. The first-order valence-corrected chi connectivity index (χ1v) is 6.24. The minimum absolute atomic E-state index is 0.181. The van der Waals surface area contributed by atoms with Gasteiger partial charge in [0.05, 0.1) is 5.56 Å². The van der Waals surface area contributed by atoms with E-state index in [-0.39, 0.29) is 11.3 Å². The zero-order chi connectivity index (χ0) is 15.0. The Morgan fingerprint density at radius 3 is 2.67 bits per heavy atom. The lowest BCUT2D eigenvalue weighted by Crippen LogP contribution is -2.04. The molecule has 21 heavy (non-hydrogen) atoms. The van der Waals surface area contributed by atoms with Gasteiger partial charge >= 0.3 is 6.18 Å². The minimum atomic E-state index is -4.46. The molecule has 2 heterocycles. The van der Waals surface area contributed by atoms with Crippen LogP contribution >= 0.6 is 0 Å². The first-order valence-electron chi connectivity index (χ1n) is 6.24. The smallest absolute Gasteiger partial charge is 0.420 e. The van der Waals surface area contributed by atoms with Crippen molar-refractivity contribution >= 4 is 11.0 Å². The number of benzene rings is 1. The monoisotopic (exact) mass is 292 g/mol. The van der Waals surface area contributed by atoms with Crippen LogP contribution in [0.25, 0.3) is 22.4 Å². The predicted molar refractivity (Wildman–Crippen MR) is 72.3 cm³/mol. The van der Waals surface area contributed by atoms with Gasteiger partial charge in [0.1, 0.15) is 11.3 Å². The van der Waals surface area contributed by atoms with Crippen LogP contribution in [0, 0.1) is 0 Å². The van der Waals surface area contributed by atoms with Crippen LogP contribution in [0.4, 0.5) is 13.2 Å². The fraction of sp³-hybridized carbons (Fsp3) is 0.133. The van der Waals surface area contributed by atoms with Crippen molar-refractivity contribution in [3.05, 3.63) is 53.7 Å². The van der Waals surface area contributed by atoms with E-state index in [0.717, 1.165) is 11.6 Å². The number of aromatic nitrogens is 1. The summed E-state index contributed by atoms with van der Waals surface area (Å²) in [5.41, 5.74) is 5.87. The molecule has 0 saturated carbocycles. The number of nitrogens with zero attached hydrogens (tertiary/aromatic N) is 1. The van der Waals surface area contributed by atoms with Crippen LogP contribution in [0.3, 0.4) is 0 Å². The molecule has 108 valence electrons. The van der Waals surface area contributed by atoms with Crippen LogP contribution in [0.1, 0.15) is 11.1 Å². The molecule has 2 aromatic heterocycles. The molecule has 3 nitrogen and oxygen atoms in total. The van der Waals surface area contributed by atoms with Gasteiger partial charge in [0.25, 0.3) is 0 Å². The highest BCUT2D eigenvalue weighted by molar-refractivity contribution is 5.85. The van der Waals surface area contributed by atoms with Crippen LogP contribution in [0.2, 0.25) is 0 Å². The first kappa shape index (κ1) is 13.6. The third kappa shape index (κ3) is 2.50. The Hall–Kier alpha value is -2.34. The number of rotatable bonds is 2. The number of hydrogen-bond donors (Lipinski definition) is 1. The van der Waals surface area contributed by atoms with E-state index in [9.17, 15) is 13.2 Å². The summed E-state index contributed by atoms with van der Waals surface area (Å²) in [7, 11) is 0. The molecule has 3 aromatic rings. The van der Waals surface area contributed by atoms with E-state index in [2.05, 4.69) is 4.98 Å². The van der Waals surface area contributed by atoms with Gasteiger partial charge in [-0.15, -0.1) is 0 Å². The normalized spacial score (nSPS) is 12.0. The highest BCUT2D eigenvalue weighted by atomic mass is 19.4. The summed E-state index contributed by atoms with van der Waals surface area (Å²) in [4.78, 5) is 4.11. The van der Waals surface area contributed by atoms with Crippen molar-refractivity contribution in [1.82, 2.24) is 4.98 Å². The fourth-order valence-corrected chi connectivity index (χ4v) is 2.15. The van der Waals surface area contributed by atoms with E-state index in [1.807, 2.05) is 0 Å². The maximum Gasteiger partial charge on any atom is 0.420 e. The summed E-state index contributed by atoms with van der Waals surface area (Å²) in [5, 5.41) is 0.389. The van der Waals surface area contributed by atoms with Crippen LogP contribution in [-0.4, -0.2) is 4.98 Å². The van der Waals surface area contributed by atoms with Crippen molar-refractivity contribution in [3.63, 3.8) is 0 Å². The summed E-state index contributed by atoms with van der Waals surface area (Å²) in [6, 6.07) is 8.92. The number of furan rings is 1. The average molecular weight is 292 g/mol. The number of halogens is 3. The van der Waals surface area contributed by atoms with Crippen molar-refractivity contribution in [2.75, 3.05) is 0 Å². The van der Waals surface area contributed by atoms with Gasteiger partial charge in [0.15, 0.2) is 5.76 Å². The summed E-state index contributed by atoms with van der Waals surface area (Å²) in [5.74, 6) is 0.289. The van der Waals surface area contributed by atoms with Crippen molar-refractivity contribution in [2.24, 2.45) is 5.73 Å². The molecule has 0 aliphatic heterocycles. The quantitative estimate of drug-likeness (QED) is 0.777. The van der Waals surface area contributed by atoms with E-state index in [1.165, 1.54) is 6.07 Å². The number of pyridine rings is 1. The molecule has 2 N–H and O–H groups in total. The summed E-state index contributed by atoms with van der Waals surface area (Å²) >= 11 is 0. The second-order valence-electron chi connectivity index (χ2n) is 4.59. The van der Waals surface area contributed by atoms with Crippen molar-refractivity contribution in [2.45, 2.75) is 12.7 Å². The Bertz CT molecular complexity index is 793. The van der Waals surface area contributed by atoms with Crippen molar-refractivity contribution in [3.8, 4) is 11.5 Å². The molecule has 0 atom stereocenters. The van der Waals surface area contributed by atoms with Gasteiger partial charge in [-0.1, -0.05) is 12.1 Å². The molecule has 0 unspecified atom stereocenters. The highest BCUT2D eigenvalue weighted by Gasteiger charge is 2.34. The van der Waals surface area contributed by atoms with Gasteiger partial charge in [0, 0.05) is 18.1 Å². The largest absolute Gasteiger partial charge is 0.454 e. The Morgan fingerprint density at radius 1 is 1.14 bits per heavy atom. The molecule has 3 rings (SSSR count). The summed E-state index contributed by atoms with van der Waals surface area (Å²) < 4.78 is 44.3. The third-order valence-corrected chi connectivity index (χ3v) is 3.16. The number of fused-ring (bicyclic) bond motifs is 1. The molecule has 0 spiro atoms. The zero-order valence-electron chi connectivity index (χ0n) is 10.8. The summed E-state index contributed by atoms with van der Waals surface area (Å²) in [6.45, 7) is 0.323. The van der Waals surface area contributed by atoms with Gasteiger partial charge in [-0.05, 0) is 29.8 Å². The van der Waals surface area contributed by atoms with Gasteiger partial charge < -0.3 is 10.2 Å². The Labute approximate surface area is 118 Å². The van der Waals surface area contributed by atoms with Crippen LogP contribution in [-0.2, 0) is 12.7 Å². The molecular formula is C15H11F3N2O. The second kappa shape index (κ2) is 4.89. The maximum atomic E-state index is 13.0. The minimum Gasteiger partial charge on any atom is -0.454 e. The SMILES string of the molecule is NCc1ccnc(-c2cc3cccc(C(F)(F)F)c3o2)c1. The van der Waals surface area contributed by atoms with E-state index in [4.69, 9.17) is 10.2 Å². The van der Waals surface area contributed by atoms with Crippen LogP contribution < -0.4 is 5.73 Å². The lowest BCUT2D eigenvalue weighted by molar-refractivity contribution is -0.136. The van der Waals surface area contributed by atoms with Crippen molar-refractivity contribution in [1.29, 1.82) is 0 Å². The van der Waals surface area contributed by atoms with E-state index >= 15 is 0 Å². The molecular weight excluding hydrogens is 281 g/mol. The lowest BCUT2D eigenvalue weighted by Gasteiger charge is -2.06. The standard InChI is InChI=1S/C15H11F3N2O/c16-15(17,18)11-3-1-2-10-7-13(21-14(10)11)12-6-9(8-19)4-5-20-12/h1-7H,8,19H2. The molecule has 0 aliphatic rings. The average Bonchev–Trinajstić information content (AvgIpc) is 2.90. The Balaban J connectivity index is 2.17. The number of nitrogens with two attached hydrogens (primary N) is 1. The first-order chi connectivity index (χ1) is 9.99. The van der Waals surface area contributed by atoms with Gasteiger partial charge in [-0.3, -0.25) is 4.98 Å². The fourth-order valence-electron chi connectivity index (χ4n) is 2.15. The molecule has 0 amide bonds. The lowest BCUT2D eigenvalue weighted by atomic mass is 10.1. The van der Waals surface area contributed by atoms with Crippen LogP contribution in [0.15, 0.2) is 47.0 Å². The molecule has 1 aromatic carbocycles. The van der Waals surface area contributed by atoms with E-state index < -0.39 is 11.7 Å². The predicted octanol–water partition coefficient (Wildman–Crippen LogP) is 3.97. The molecule has 0 bridgehead atoms. The van der Waals surface area contributed by atoms with Gasteiger partial charge in [-0.2, -0.15) is 13.2 Å². The van der Waals surface area contributed by atoms with Crippen molar-refractivity contribution < 1.29 is 17.6 Å². The van der Waals surface area contributed by atoms with Gasteiger partial charge in [0.2, 0.25) is 0 Å². The van der Waals surface area contributed by atoms with E-state index in [1.54, 1.807) is 30.5 Å². The third-order valence-electron chi connectivity index (χ3n) is 3.16. The number of alkyl halides is 3. The zero-order valence-corrected chi connectivity index (χ0v) is 10.8. The number of hydrogen-bond acceptors (Lipinski definition) is 3. The molecule has 6 heteroatoms. The second-order valence-corrected chi connectivity index (χ2v) is 4.59. The molecule has 0 saturated heterocycles. The molecule has 0 radical (unpaired) electrons. The number of para-hydroxylation sites is 1. The van der Waals surface area contributed by atoms with Gasteiger partial charge in [-0.25, -0.2) is 0 Å². The summed E-state index contributed by atoms with van der Waals surface area (Å²) in [6.07, 6.45) is -2.91. The Morgan fingerprint density at radius 2 is 1.95 bits per heavy atom. The highest BCUT2D eigenvalue weighted by Crippen LogP contribution is 2.37. The molecule has 0 fully saturated rings.